The minimum Gasteiger partial charge on any atom is -0.399 e. The summed E-state index contributed by atoms with van der Waals surface area (Å²) >= 11 is 0. The molecule has 2 heterocycles. The first-order chi connectivity index (χ1) is 13.7. The van der Waals surface area contributed by atoms with E-state index >= 15 is 0 Å². The molecule has 1 aromatic carbocycles. The third-order valence-electron chi connectivity index (χ3n) is 4.93. The van der Waals surface area contributed by atoms with E-state index in [2.05, 4.69) is 11.2 Å². The van der Waals surface area contributed by atoms with Crippen LogP contribution in [0.3, 0.4) is 0 Å². The van der Waals surface area contributed by atoms with Crippen LogP contribution in [0.2, 0.25) is 0 Å². The molecule has 2 aliphatic rings. The fraction of sp³-hybridized carbons (Fsp3) is 0.333. The molecule has 2 amide bonds. The number of benzene rings is 1. The Morgan fingerprint density at radius 3 is 2.54 bits per heavy atom. The minimum atomic E-state index is -0.409. The predicted molar refractivity (Wildman–Crippen MR) is 102 cm³/mol. The standard InChI is InChI=1S/C21H21N3O4/c1-27-23-18-10-4-6-14-11-12-15(22-19(14)18)7-5-13-28-24-20(25)16-8-2-3-9-17(16)21(24)26/h2-3,8-9,11-12H,4-7,10,13H2,1H3. The van der Waals surface area contributed by atoms with Crippen LogP contribution in [-0.2, 0) is 22.5 Å². The van der Waals surface area contributed by atoms with Gasteiger partial charge in [-0.25, -0.2) is 0 Å². The first-order valence-corrected chi connectivity index (χ1v) is 9.39. The van der Waals surface area contributed by atoms with E-state index in [-0.39, 0.29) is 6.61 Å². The molecule has 2 aromatic rings. The normalized spacial score (nSPS) is 17.0. The van der Waals surface area contributed by atoms with Gasteiger partial charge in [0.2, 0.25) is 0 Å². The van der Waals surface area contributed by atoms with Gasteiger partial charge < -0.3 is 4.84 Å². The topological polar surface area (TPSA) is 81.1 Å². The largest absolute Gasteiger partial charge is 0.399 e. The molecule has 0 N–H and O–H groups in total. The van der Waals surface area contributed by atoms with Crippen molar-refractivity contribution < 1.29 is 19.3 Å². The van der Waals surface area contributed by atoms with Crippen molar-refractivity contribution in [2.45, 2.75) is 32.1 Å². The number of aromatic nitrogens is 1. The van der Waals surface area contributed by atoms with Gasteiger partial charge in [0.15, 0.2) is 0 Å². The molecule has 0 atom stereocenters. The maximum absolute atomic E-state index is 12.3. The van der Waals surface area contributed by atoms with E-state index in [9.17, 15) is 9.59 Å². The van der Waals surface area contributed by atoms with Crippen LogP contribution in [0.1, 0.15) is 56.9 Å². The highest BCUT2D eigenvalue weighted by Crippen LogP contribution is 2.23. The zero-order valence-corrected chi connectivity index (χ0v) is 15.7. The Kier molecular flexibility index (Phi) is 5.16. The van der Waals surface area contributed by atoms with Gasteiger partial charge in [-0.2, -0.15) is 0 Å². The van der Waals surface area contributed by atoms with Crippen molar-refractivity contribution in [3.63, 3.8) is 0 Å². The van der Waals surface area contributed by atoms with E-state index in [1.54, 1.807) is 31.4 Å². The van der Waals surface area contributed by atoms with Gasteiger partial charge in [0.1, 0.15) is 12.8 Å². The van der Waals surface area contributed by atoms with Crippen LogP contribution >= 0.6 is 0 Å². The quantitative estimate of drug-likeness (QED) is 0.438. The highest BCUT2D eigenvalue weighted by atomic mass is 16.7. The predicted octanol–water partition coefficient (Wildman–Crippen LogP) is 2.93. The molecule has 4 rings (SSSR count). The molecule has 0 radical (unpaired) electrons. The summed E-state index contributed by atoms with van der Waals surface area (Å²) in [6.45, 7) is 0.253. The molecule has 0 unspecified atom stereocenters. The Morgan fingerprint density at radius 2 is 1.82 bits per heavy atom. The van der Waals surface area contributed by atoms with Gasteiger partial charge in [-0.15, -0.1) is 5.06 Å². The molecule has 0 saturated carbocycles. The second-order valence-electron chi connectivity index (χ2n) is 6.77. The summed E-state index contributed by atoms with van der Waals surface area (Å²) in [4.78, 5) is 39.7. The van der Waals surface area contributed by atoms with Gasteiger partial charge in [-0.1, -0.05) is 23.4 Å². The first-order valence-electron chi connectivity index (χ1n) is 9.39. The summed E-state index contributed by atoms with van der Waals surface area (Å²) in [5, 5.41) is 4.95. The second-order valence-corrected chi connectivity index (χ2v) is 6.77. The highest BCUT2D eigenvalue weighted by molar-refractivity contribution is 6.20. The number of amides is 2. The summed E-state index contributed by atoms with van der Waals surface area (Å²) in [6, 6.07) is 10.8. The maximum atomic E-state index is 12.3. The molecule has 0 bridgehead atoms. The Hall–Kier alpha value is -3.06. The summed E-state index contributed by atoms with van der Waals surface area (Å²) in [6.07, 6.45) is 4.21. The Bertz CT molecular complexity index is 919. The third kappa shape index (κ3) is 3.41. The SMILES string of the molecule is CON=C1CCCc2ccc(CCCON3C(=O)c4ccccc4C3=O)nc21. The van der Waals surface area contributed by atoms with E-state index in [1.807, 2.05) is 6.07 Å². The maximum Gasteiger partial charge on any atom is 0.285 e. The van der Waals surface area contributed by atoms with E-state index in [1.165, 1.54) is 5.56 Å². The van der Waals surface area contributed by atoms with Crippen LogP contribution in [0.25, 0.3) is 0 Å². The molecule has 1 aliphatic heterocycles. The molecule has 144 valence electrons. The average Bonchev–Trinajstić information content (AvgIpc) is 2.96. The number of hydrogen-bond donors (Lipinski definition) is 0. The number of imide groups is 1. The van der Waals surface area contributed by atoms with Crippen LogP contribution in [0.5, 0.6) is 0 Å². The van der Waals surface area contributed by atoms with Crippen molar-refractivity contribution in [1.82, 2.24) is 10.0 Å². The van der Waals surface area contributed by atoms with Crippen LogP contribution in [0.4, 0.5) is 0 Å². The lowest BCUT2D eigenvalue weighted by atomic mass is 9.94. The van der Waals surface area contributed by atoms with E-state index in [4.69, 9.17) is 14.7 Å². The van der Waals surface area contributed by atoms with Gasteiger partial charge in [-0.05, 0) is 55.9 Å². The number of rotatable bonds is 6. The Morgan fingerprint density at radius 1 is 1.07 bits per heavy atom. The van der Waals surface area contributed by atoms with Gasteiger partial charge in [0, 0.05) is 5.69 Å². The fourth-order valence-corrected chi connectivity index (χ4v) is 3.58. The molecule has 0 fully saturated rings. The summed E-state index contributed by atoms with van der Waals surface area (Å²) in [5.41, 5.74) is 4.67. The number of aryl methyl sites for hydroxylation is 2. The van der Waals surface area contributed by atoms with Gasteiger partial charge in [0.25, 0.3) is 11.8 Å². The Labute approximate surface area is 162 Å². The molecular formula is C21H21N3O4. The summed E-state index contributed by atoms with van der Waals surface area (Å²) in [5.74, 6) is -0.819. The molecular weight excluding hydrogens is 358 g/mol. The highest BCUT2D eigenvalue weighted by Gasteiger charge is 2.36. The zero-order chi connectivity index (χ0) is 19.5. The first kappa shape index (κ1) is 18.3. The summed E-state index contributed by atoms with van der Waals surface area (Å²) < 4.78 is 0. The molecule has 7 nitrogen and oxygen atoms in total. The number of carbonyl (C=O) groups is 2. The fourth-order valence-electron chi connectivity index (χ4n) is 3.58. The lowest BCUT2D eigenvalue weighted by Crippen LogP contribution is -2.30. The smallest absolute Gasteiger partial charge is 0.285 e. The molecule has 7 heteroatoms. The number of hydroxylamine groups is 2. The zero-order valence-electron chi connectivity index (χ0n) is 15.7. The van der Waals surface area contributed by atoms with Gasteiger partial charge in [-0.3, -0.25) is 19.4 Å². The minimum absolute atomic E-state index is 0.253. The number of carbonyl (C=O) groups excluding carboxylic acids is 2. The number of nitrogens with zero attached hydrogens (tertiary/aromatic N) is 3. The van der Waals surface area contributed by atoms with Crippen molar-refractivity contribution in [2.24, 2.45) is 5.16 Å². The average molecular weight is 379 g/mol. The van der Waals surface area contributed by atoms with Crippen LogP contribution in [0.15, 0.2) is 41.6 Å². The summed E-state index contributed by atoms with van der Waals surface area (Å²) in [7, 11) is 1.54. The lowest BCUT2D eigenvalue weighted by molar-refractivity contribution is -0.0918. The molecule has 1 aromatic heterocycles. The molecule has 0 spiro atoms. The van der Waals surface area contributed by atoms with E-state index < -0.39 is 11.8 Å². The van der Waals surface area contributed by atoms with Crippen LogP contribution < -0.4 is 0 Å². The van der Waals surface area contributed by atoms with Crippen molar-refractivity contribution in [3.05, 3.63) is 64.5 Å². The molecule has 0 saturated heterocycles. The van der Waals surface area contributed by atoms with Crippen molar-refractivity contribution in [3.8, 4) is 0 Å². The van der Waals surface area contributed by atoms with Crippen molar-refractivity contribution >= 4 is 17.5 Å². The number of hydrogen-bond acceptors (Lipinski definition) is 6. The van der Waals surface area contributed by atoms with Crippen LogP contribution in [0, 0.1) is 0 Å². The van der Waals surface area contributed by atoms with Crippen LogP contribution in [-0.4, -0.2) is 41.3 Å². The third-order valence-corrected chi connectivity index (χ3v) is 4.93. The number of oxime groups is 1. The van der Waals surface area contributed by atoms with Crippen molar-refractivity contribution in [2.75, 3.05) is 13.7 Å². The van der Waals surface area contributed by atoms with E-state index in [0.717, 1.165) is 41.4 Å². The second kappa shape index (κ2) is 7.90. The molecule has 1 aliphatic carbocycles. The Balaban J connectivity index is 1.35. The number of fused-ring (bicyclic) bond motifs is 2. The van der Waals surface area contributed by atoms with Crippen molar-refractivity contribution in [1.29, 1.82) is 0 Å². The van der Waals surface area contributed by atoms with Gasteiger partial charge >= 0.3 is 0 Å². The number of pyridine rings is 1. The molecule has 28 heavy (non-hydrogen) atoms. The van der Waals surface area contributed by atoms with Gasteiger partial charge in [0.05, 0.1) is 23.4 Å². The lowest BCUT2D eigenvalue weighted by Gasteiger charge is -2.17. The monoisotopic (exact) mass is 379 g/mol. The van der Waals surface area contributed by atoms with E-state index in [0.29, 0.717) is 24.0 Å².